The van der Waals surface area contributed by atoms with E-state index < -0.39 is 6.09 Å². The second-order valence-electron chi connectivity index (χ2n) is 7.32. The Kier molecular flexibility index (Phi) is 5.12. The van der Waals surface area contributed by atoms with Crippen molar-refractivity contribution >= 4 is 6.09 Å². The van der Waals surface area contributed by atoms with E-state index in [0.717, 1.165) is 25.9 Å². The molecule has 0 aromatic heterocycles. The monoisotopic (exact) mass is 304 g/mol. The maximum Gasteiger partial charge on any atom is 0.408 e. The Morgan fingerprint density at radius 3 is 2.45 bits per heavy atom. The molecule has 2 atom stereocenters. The number of rotatable bonds is 3. The van der Waals surface area contributed by atoms with Gasteiger partial charge >= 0.3 is 6.09 Å². The molecule has 1 fully saturated rings. The minimum Gasteiger partial charge on any atom is -0.465 e. The van der Waals surface area contributed by atoms with E-state index in [-0.39, 0.29) is 11.6 Å². The van der Waals surface area contributed by atoms with Gasteiger partial charge in [0.25, 0.3) is 0 Å². The molecule has 0 bridgehead atoms. The zero-order valence-corrected chi connectivity index (χ0v) is 14.1. The first-order valence-corrected chi connectivity index (χ1v) is 8.09. The zero-order chi connectivity index (χ0) is 16.3. The fourth-order valence-electron chi connectivity index (χ4n) is 3.40. The summed E-state index contributed by atoms with van der Waals surface area (Å²) in [7, 11) is 0. The highest BCUT2D eigenvalue weighted by atomic mass is 16.4. The van der Waals surface area contributed by atoms with Crippen molar-refractivity contribution in [2.24, 2.45) is 0 Å². The molecule has 1 saturated heterocycles. The number of likely N-dealkylation sites (tertiary alicyclic amines) is 1. The number of carbonyl (C=O) groups is 1. The standard InChI is InChI=1S/C18H28N2O2/c1-14-10-11-16(20(17(21)22)18(2,3)4)13-19(14)12-15-8-6-5-7-9-15/h5-9,14,16H,10-13H2,1-4H3,(H,21,22). The summed E-state index contributed by atoms with van der Waals surface area (Å²) in [6.07, 6.45) is 1.17. The molecule has 0 aliphatic carbocycles. The molecule has 1 aliphatic heterocycles. The van der Waals surface area contributed by atoms with E-state index in [9.17, 15) is 9.90 Å². The van der Waals surface area contributed by atoms with Crippen LogP contribution in [0.5, 0.6) is 0 Å². The molecular formula is C18H28N2O2. The minimum atomic E-state index is -0.813. The highest BCUT2D eigenvalue weighted by molar-refractivity contribution is 5.66. The van der Waals surface area contributed by atoms with Crippen molar-refractivity contribution in [2.75, 3.05) is 6.54 Å². The van der Waals surface area contributed by atoms with Gasteiger partial charge in [-0.25, -0.2) is 4.79 Å². The van der Waals surface area contributed by atoms with Gasteiger partial charge in [-0.3, -0.25) is 9.80 Å². The zero-order valence-electron chi connectivity index (χ0n) is 14.1. The summed E-state index contributed by atoms with van der Waals surface area (Å²) in [6.45, 7) is 9.85. The number of hydrogen-bond acceptors (Lipinski definition) is 2. The maximum atomic E-state index is 11.7. The second-order valence-corrected chi connectivity index (χ2v) is 7.32. The van der Waals surface area contributed by atoms with Crippen molar-refractivity contribution in [3.63, 3.8) is 0 Å². The van der Waals surface area contributed by atoms with Gasteiger partial charge in [0.1, 0.15) is 0 Å². The highest BCUT2D eigenvalue weighted by Crippen LogP contribution is 2.27. The molecule has 4 nitrogen and oxygen atoms in total. The number of hydrogen-bond donors (Lipinski definition) is 1. The van der Waals surface area contributed by atoms with Crippen LogP contribution in [0.4, 0.5) is 4.79 Å². The lowest BCUT2D eigenvalue weighted by Crippen LogP contribution is -2.58. The van der Waals surface area contributed by atoms with E-state index in [4.69, 9.17) is 0 Å². The summed E-state index contributed by atoms with van der Waals surface area (Å²) in [4.78, 5) is 15.7. The first-order chi connectivity index (χ1) is 10.3. The Labute approximate surface area is 133 Å². The third kappa shape index (κ3) is 4.01. The Hall–Kier alpha value is -1.55. The van der Waals surface area contributed by atoms with Crippen molar-refractivity contribution < 1.29 is 9.90 Å². The Balaban J connectivity index is 2.11. The molecule has 1 heterocycles. The topological polar surface area (TPSA) is 43.8 Å². The van der Waals surface area contributed by atoms with Crippen molar-refractivity contribution in [1.29, 1.82) is 0 Å². The van der Waals surface area contributed by atoms with E-state index in [1.54, 1.807) is 4.90 Å². The Morgan fingerprint density at radius 2 is 1.91 bits per heavy atom. The van der Waals surface area contributed by atoms with Gasteiger partial charge in [0, 0.05) is 30.7 Å². The summed E-state index contributed by atoms with van der Waals surface area (Å²) in [5, 5.41) is 9.61. The van der Waals surface area contributed by atoms with Crippen molar-refractivity contribution in [2.45, 2.75) is 64.7 Å². The van der Waals surface area contributed by atoms with Crippen LogP contribution >= 0.6 is 0 Å². The molecule has 0 radical (unpaired) electrons. The van der Waals surface area contributed by atoms with Crippen molar-refractivity contribution in [3.05, 3.63) is 35.9 Å². The second kappa shape index (κ2) is 6.69. The quantitative estimate of drug-likeness (QED) is 0.923. The van der Waals surface area contributed by atoms with E-state index in [0.29, 0.717) is 6.04 Å². The van der Waals surface area contributed by atoms with Gasteiger partial charge in [-0.15, -0.1) is 0 Å². The van der Waals surface area contributed by atoms with Crippen LogP contribution in [0.25, 0.3) is 0 Å². The molecule has 0 spiro atoms. The SMILES string of the molecule is CC1CCC(N(C(=O)O)C(C)(C)C)CN1Cc1ccccc1. The fourth-order valence-corrected chi connectivity index (χ4v) is 3.40. The van der Waals surface area contributed by atoms with Gasteiger partial charge in [-0.1, -0.05) is 30.3 Å². The van der Waals surface area contributed by atoms with Gasteiger partial charge in [0.05, 0.1) is 0 Å². The van der Waals surface area contributed by atoms with E-state index in [1.165, 1.54) is 5.56 Å². The Morgan fingerprint density at radius 1 is 1.27 bits per heavy atom. The first kappa shape index (κ1) is 16.8. The third-order valence-corrected chi connectivity index (χ3v) is 4.51. The molecule has 1 amide bonds. The average molecular weight is 304 g/mol. The molecule has 1 aromatic rings. The van der Waals surface area contributed by atoms with Crippen LogP contribution in [0.2, 0.25) is 0 Å². The molecule has 0 saturated carbocycles. The van der Waals surface area contributed by atoms with E-state index >= 15 is 0 Å². The molecule has 22 heavy (non-hydrogen) atoms. The summed E-state index contributed by atoms with van der Waals surface area (Å²) in [5.41, 5.74) is 0.919. The lowest BCUT2D eigenvalue weighted by atomic mass is 9.94. The van der Waals surface area contributed by atoms with Crippen LogP contribution in [0.15, 0.2) is 30.3 Å². The van der Waals surface area contributed by atoms with E-state index in [2.05, 4.69) is 36.1 Å². The minimum absolute atomic E-state index is 0.0670. The number of carboxylic acid groups (broad SMARTS) is 1. The van der Waals surface area contributed by atoms with Crippen LogP contribution in [0.3, 0.4) is 0 Å². The lowest BCUT2D eigenvalue weighted by Gasteiger charge is -2.46. The summed E-state index contributed by atoms with van der Waals surface area (Å²) < 4.78 is 0. The maximum absolute atomic E-state index is 11.7. The third-order valence-electron chi connectivity index (χ3n) is 4.51. The molecule has 1 N–H and O–H groups in total. The Bertz CT molecular complexity index is 496. The van der Waals surface area contributed by atoms with Crippen LogP contribution in [-0.4, -0.2) is 45.2 Å². The summed E-state index contributed by atoms with van der Waals surface area (Å²) in [6, 6.07) is 11.0. The predicted molar refractivity (Wildman–Crippen MR) is 89.0 cm³/mol. The molecule has 1 aliphatic rings. The van der Waals surface area contributed by atoms with Crippen molar-refractivity contribution in [3.8, 4) is 0 Å². The van der Waals surface area contributed by atoms with Crippen LogP contribution in [-0.2, 0) is 6.54 Å². The summed E-state index contributed by atoms with van der Waals surface area (Å²) >= 11 is 0. The van der Waals surface area contributed by atoms with Gasteiger partial charge in [-0.2, -0.15) is 0 Å². The average Bonchev–Trinajstić information content (AvgIpc) is 2.41. The molecule has 2 unspecified atom stereocenters. The summed E-state index contributed by atoms with van der Waals surface area (Å²) in [5.74, 6) is 0. The molecule has 122 valence electrons. The van der Waals surface area contributed by atoms with Crippen LogP contribution in [0, 0.1) is 0 Å². The van der Waals surface area contributed by atoms with Gasteiger partial charge < -0.3 is 5.11 Å². The molecule has 4 heteroatoms. The van der Waals surface area contributed by atoms with Crippen LogP contribution in [0.1, 0.15) is 46.1 Å². The molecular weight excluding hydrogens is 276 g/mol. The normalized spacial score (nSPS) is 23.3. The van der Waals surface area contributed by atoms with Gasteiger partial charge in [0.2, 0.25) is 0 Å². The number of benzene rings is 1. The van der Waals surface area contributed by atoms with E-state index in [1.807, 2.05) is 26.8 Å². The van der Waals surface area contributed by atoms with Crippen LogP contribution < -0.4 is 0 Å². The molecule has 2 rings (SSSR count). The number of piperidine rings is 1. The van der Waals surface area contributed by atoms with Gasteiger partial charge in [-0.05, 0) is 46.1 Å². The largest absolute Gasteiger partial charge is 0.465 e. The lowest BCUT2D eigenvalue weighted by molar-refractivity contribution is 0.0191. The predicted octanol–water partition coefficient (Wildman–Crippen LogP) is 3.82. The fraction of sp³-hybridized carbons (Fsp3) is 0.611. The first-order valence-electron chi connectivity index (χ1n) is 8.09. The van der Waals surface area contributed by atoms with Gasteiger partial charge in [0.15, 0.2) is 0 Å². The molecule has 1 aromatic carbocycles. The highest BCUT2D eigenvalue weighted by Gasteiger charge is 2.37. The number of nitrogens with zero attached hydrogens (tertiary/aromatic N) is 2. The van der Waals surface area contributed by atoms with Crippen molar-refractivity contribution in [1.82, 2.24) is 9.80 Å². The smallest absolute Gasteiger partial charge is 0.408 e. The number of amides is 1.